The number of anilines is 3. The number of hydrogen-bond acceptors (Lipinski definition) is 4. The van der Waals surface area contributed by atoms with Gasteiger partial charge in [0.2, 0.25) is 15.9 Å². The van der Waals surface area contributed by atoms with Gasteiger partial charge in [-0.25, -0.2) is 13.2 Å². The molecule has 1 atom stereocenters. The summed E-state index contributed by atoms with van der Waals surface area (Å²) in [5.74, 6) is -0.145. The van der Waals surface area contributed by atoms with Crippen molar-refractivity contribution in [3.05, 3.63) is 42.5 Å². The minimum absolute atomic E-state index is 0.145. The van der Waals surface area contributed by atoms with E-state index in [2.05, 4.69) is 4.72 Å². The van der Waals surface area contributed by atoms with E-state index in [0.717, 1.165) is 11.1 Å². The number of fused-ring (bicyclic) bond motifs is 1. The fourth-order valence-corrected chi connectivity index (χ4v) is 5.21. The minimum atomic E-state index is -3.33. The van der Waals surface area contributed by atoms with Crippen LogP contribution in [-0.2, 0) is 14.8 Å². The molecule has 2 amide bonds. The summed E-state index contributed by atoms with van der Waals surface area (Å²) in [6.45, 7) is 3.47. The van der Waals surface area contributed by atoms with Gasteiger partial charge >= 0.3 is 6.09 Å². The predicted octanol–water partition coefficient (Wildman–Crippen LogP) is 3.50. The molecule has 1 aliphatic heterocycles. The lowest BCUT2D eigenvalue weighted by molar-refractivity contribution is -0.117. The first-order chi connectivity index (χ1) is 14.2. The SMILES string of the molecule is CC(=O)N1c2ccc(-c3ccc(NS(=O)(=O)C4CC4)cc3)cc2N(C(=O)O)C[C@@H]1C. The topological polar surface area (TPSA) is 107 Å². The van der Waals surface area contributed by atoms with Crippen LogP contribution in [0.4, 0.5) is 21.9 Å². The van der Waals surface area contributed by atoms with E-state index < -0.39 is 16.1 Å². The molecular weight excluding hydrogens is 406 g/mol. The Hall–Kier alpha value is -3.07. The molecule has 2 aliphatic rings. The van der Waals surface area contributed by atoms with Crippen LogP contribution in [0.3, 0.4) is 0 Å². The zero-order chi connectivity index (χ0) is 21.6. The molecule has 0 radical (unpaired) electrons. The molecule has 2 N–H and O–H groups in total. The number of rotatable bonds is 4. The summed E-state index contributed by atoms with van der Waals surface area (Å²) < 4.78 is 26.8. The fourth-order valence-electron chi connectivity index (χ4n) is 3.82. The van der Waals surface area contributed by atoms with E-state index in [1.807, 2.05) is 13.0 Å². The number of sulfonamides is 1. The summed E-state index contributed by atoms with van der Waals surface area (Å²) in [5, 5.41) is 9.34. The largest absolute Gasteiger partial charge is 0.465 e. The first-order valence-corrected chi connectivity index (χ1v) is 11.3. The van der Waals surface area contributed by atoms with Gasteiger partial charge in [0.25, 0.3) is 0 Å². The number of amides is 2. The van der Waals surface area contributed by atoms with Crippen molar-refractivity contribution in [3.63, 3.8) is 0 Å². The van der Waals surface area contributed by atoms with Crippen molar-refractivity contribution < 1.29 is 23.1 Å². The third-order valence-corrected chi connectivity index (χ3v) is 7.29. The van der Waals surface area contributed by atoms with Crippen LogP contribution in [0.2, 0.25) is 0 Å². The highest BCUT2D eigenvalue weighted by molar-refractivity contribution is 7.93. The van der Waals surface area contributed by atoms with E-state index in [-0.39, 0.29) is 23.7 Å². The van der Waals surface area contributed by atoms with Gasteiger partial charge in [-0.3, -0.25) is 14.4 Å². The first-order valence-electron chi connectivity index (χ1n) is 9.74. The van der Waals surface area contributed by atoms with Crippen LogP contribution >= 0.6 is 0 Å². The Morgan fingerprint density at radius 3 is 2.23 bits per heavy atom. The highest BCUT2D eigenvalue weighted by atomic mass is 32.2. The van der Waals surface area contributed by atoms with Crippen molar-refractivity contribution in [2.75, 3.05) is 21.1 Å². The summed E-state index contributed by atoms with van der Waals surface area (Å²) in [7, 11) is -3.33. The Morgan fingerprint density at radius 2 is 1.67 bits per heavy atom. The third kappa shape index (κ3) is 3.72. The molecule has 4 rings (SSSR count). The number of carboxylic acid groups (broad SMARTS) is 1. The van der Waals surface area contributed by atoms with Gasteiger partial charge in [-0.1, -0.05) is 18.2 Å². The van der Waals surface area contributed by atoms with Crippen LogP contribution in [0.15, 0.2) is 42.5 Å². The molecule has 9 heteroatoms. The summed E-state index contributed by atoms with van der Waals surface area (Å²) in [6, 6.07) is 12.0. The smallest absolute Gasteiger partial charge is 0.411 e. The number of carbonyl (C=O) groups excluding carboxylic acids is 1. The van der Waals surface area contributed by atoms with E-state index in [0.29, 0.717) is 29.9 Å². The van der Waals surface area contributed by atoms with Crippen LogP contribution in [0.1, 0.15) is 26.7 Å². The van der Waals surface area contributed by atoms with Crippen molar-refractivity contribution in [1.82, 2.24) is 0 Å². The second-order valence-corrected chi connectivity index (χ2v) is 9.72. The molecule has 0 aromatic heterocycles. The van der Waals surface area contributed by atoms with E-state index in [9.17, 15) is 23.1 Å². The minimum Gasteiger partial charge on any atom is -0.465 e. The van der Waals surface area contributed by atoms with Gasteiger partial charge in [0.15, 0.2) is 0 Å². The molecule has 1 saturated carbocycles. The van der Waals surface area contributed by atoms with E-state index in [4.69, 9.17) is 0 Å². The Kier molecular flexibility index (Phi) is 4.93. The van der Waals surface area contributed by atoms with E-state index in [1.165, 1.54) is 11.8 Å². The second-order valence-electron chi connectivity index (χ2n) is 7.76. The quantitative estimate of drug-likeness (QED) is 0.774. The van der Waals surface area contributed by atoms with Gasteiger partial charge in [0.1, 0.15) is 0 Å². The average molecular weight is 429 g/mol. The Balaban J connectivity index is 1.66. The molecule has 158 valence electrons. The van der Waals surface area contributed by atoms with Crippen molar-refractivity contribution in [2.24, 2.45) is 0 Å². The maximum absolute atomic E-state index is 12.1. The van der Waals surface area contributed by atoms with Crippen LogP contribution < -0.4 is 14.5 Å². The van der Waals surface area contributed by atoms with Crippen LogP contribution in [0.5, 0.6) is 0 Å². The molecule has 0 unspecified atom stereocenters. The van der Waals surface area contributed by atoms with E-state index >= 15 is 0 Å². The zero-order valence-electron chi connectivity index (χ0n) is 16.7. The molecule has 0 bridgehead atoms. The average Bonchev–Trinajstić information content (AvgIpc) is 3.53. The Bertz CT molecular complexity index is 1110. The molecule has 2 aromatic rings. The molecule has 1 heterocycles. The lowest BCUT2D eigenvalue weighted by Gasteiger charge is -2.39. The summed E-state index contributed by atoms with van der Waals surface area (Å²) >= 11 is 0. The van der Waals surface area contributed by atoms with Gasteiger partial charge < -0.3 is 10.0 Å². The molecule has 1 aliphatic carbocycles. The van der Waals surface area contributed by atoms with Gasteiger partial charge in [0, 0.05) is 19.2 Å². The van der Waals surface area contributed by atoms with Gasteiger partial charge in [-0.05, 0) is 55.2 Å². The predicted molar refractivity (Wildman–Crippen MR) is 115 cm³/mol. The highest BCUT2D eigenvalue weighted by Crippen LogP contribution is 2.39. The summed E-state index contributed by atoms with van der Waals surface area (Å²) in [6.07, 6.45) is 0.310. The summed E-state index contributed by atoms with van der Waals surface area (Å²) in [4.78, 5) is 26.7. The molecule has 0 spiro atoms. The van der Waals surface area contributed by atoms with Crippen LogP contribution in [0.25, 0.3) is 11.1 Å². The van der Waals surface area contributed by atoms with Crippen molar-refractivity contribution in [3.8, 4) is 11.1 Å². The normalized spacial score (nSPS) is 18.7. The fraction of sp³-hybridized carbons (Fsp3) is 0.333. The van der Waals surface area contributed by atoms with Gasteiger partial charge in [0.05, 0.1) is 22.7 Å². The van der Waals surface area contributed by atoms with Crippen molar-refractivity contribution in [1.29, 1.82) is 0 Å². The molecule has 1 fully saturated rings. The van der Waals surface area contributed by atoms with Gasteiger partial charge in [-0.2, -0.15) is 0 Å². The molecule has 8 nitrogen and oxygen atoms in total. The number of nitrogens with one attached hydrogen (secondary N) is 1. The molecule has 2 aromatic carbocycles. The Morgan fingerprint density at radius 1 is 1.03 bits per heavy atom. The summed E-state index contributed by atoms with van der Waals surface area (Å²) in [5.41, 5.74) is 3.08. The van der Waals surface area contributed by atoms with Crippen LogP contribution in [0, 0.1) is 0 Å². The maximum Gasteiger partial charge on any atom is 0.411 e. The standard InChI is InChI=1S/C21H23N3O5S/c1-13-12-23(21(26)27)20-11-16(5-10-19(20)24(13)14(2)25)15-3-6-17(7-4-15)22-30(28,29)18-8-9-18/h3-7,10-11,13,18,22H,8-9,12H2,1-2H3,(H,26,27)/t13-/m0/s1. The molecular formula is C21H23N3O5S. The van der Waals surface area contributed by atoms with Crippen molar-refractivity contribution >= 4 is 39.1 Å². The van der Waals surface area contributed by atoms with Crippen molar-refractivity contribution in [2.45, 2.75) is 38.0 Å². The maximum atomic E-state index is 12.1. The molecule has 30 heavy (non-hydrogen) atoms. The lowest BCUT2D eigenvalue weighted by Crippen LogP contribution is -2.51. The number of nitrogens with zero attached hydrogens (tertiary/aromatic N) is 2. The number of benzene rings is 2. The number of hydrogen-bond donors (Lipinski definition) is 2. The van der Waals surface area contributed by atoms with Gasteiger partial charge in [-0.15, -0.1) is 0 Å². The monoisotopic (exact) mass is 429 g/mol. The zero-order valence-corrected chi connectivity index (χ0v) is 17.5. The Labute approximate surface area is 175 Å². The third-order valence-electron chi connectivity index (χ3n) is 5.43. The van der Waals surface area contributed by atoms with Crippen LogP contribution in [-0.4, -0.2) is 43.4 Å². The molecule has 0 saturated heterocycles. The first kappa shape index (κ1) is 20.2. The second kappa shape index (κ2) is 7.32. The highest BCUT2D eigenvalue weighted by Gasteiger charge is 2.36. The number of carbonyl (C=O) groups is 2. The van der Waals surface area contributed by atoms with E-state index in [1.54, 1.807) is 41.3 Å². The lowest BCUT2D eigenvalue weighted by atomic mass is 10.0.